The van der Waals surface area contributed by atoms with E-state index in [0.717, 1.165) is 19.3 Å². The number of carbonyl (C=O) groups is 3. The third-order valence-electron chi connectivity index (χ3n) is 3.82. The summed E-state index contributed by atoms with van der Waals surface area (Å²) in [6, 6.07) is 6.65. The summed E-state index contributed by atoms with van der Waals surface area (Å²) in [5.41, 5.74) is 0.927. The Morgan fingerprint density at radius 3 is 2.17 bits per heavy atom. The van der Waals surface area contributed by atoms with Crippen molar-refractivity contribution in [2.75, 3.05) is 6.54 Å². The van der Waals surface area contributed by atoms with Gasteiger partial charge in [-0.3, -0.25) is 14.4 Å². The zero-order chi connectivity index (χ0) is 16.8. The maximum Gasteiger partial charge on any atom is 0.308 e. The Bertz CT molecular complexity index is 579. The lowest BCUT2D eigenvalue weighted by atomic mass is 10.0. The molecule has 1 atom stereocenters. The van der Waals surface area contributed by atoms with Gasteiger partial charge in [-0.15, -0.1) is 0 Å². The van der Waals surface area contributed by atoms with Gasteiger partial charge in [-0.1, -0.05) is 13.3 Å². The predicted octanol–water partition coefficient (Wildman–Crippen LogP) is 1.81. The van der Waals surface area contributed by atoms with Crippen LogP contribution in [-0.4, -0.2) is 35.5 Å². The Morgan fingerprint density at radius 2 is 1.70 bits per heavy atom. The van der Waals surface area contributed by atoms with Crippen LogP contribution in [-0.2, 0) is 4.79 Å². The minimum atomic E-state index is -0.903. The summed E-state index contributed by atoms with van der Waals surface area (Å²) in [5, 5.41) is 14.6. The molecule has 0 spiro atoms. The molecule has 2 amide bonds. The fourth-order valence-electron chi connectivity index (χ4n) is 2.25. The third kappa shape index (κ3) is 5.09. The van der Waals surface area contributed by atoms with E-state index in [1.807, 2.05) is 6.92 Å². The van der Waals surface area contributed by atoms with Crippen molar-refractivity contribution in [2.24, 2.45) is 5.92 Å². The lowest BCUT2D eigenvalue weighted by Gasteiger charge is -2.12. The molecule has 1 aromatic rings. The van der Waals surface area contributed by atoms with Gasteiger partial charge < -0.3 is 15.7 Å². The third-order valence-corrected chi connectivity index (χ3v) is 3.82. The van der Waals surface area contributed by atoms with Gasteiger partial charge in [-0.25, -0.2) is 0 Å². The maximum atomic E-state index is 12.0. The molecule has 1 saturated carbocycles. The van der Waals surface area contributed by atoms with Gasteiger partial charge in [0.25, 0.3) is 11.8 Å². The molecular weight excluding hydrogens is 296 g/mol. The number of benzene rings is 1. The second kappa shape index (κ2) is 7.76. The lowest BCUT2D eigenvalue weighted by molar-refractivity contribution is -0.141. The number of amides is 2. The lowest BCUT2D eigenvalue weighted by Crippen LogP contribution is -2.33. The summed E-state index contributed by atoms with van der Waals surface area (Å²) in [6.07, 6.45) is 3.32. The number of carbonyl (C=O) groups excluding carboxylic acids is 2. The molecule has 0 heterocycles. The van der Waals surface area contributed by atoms with Crippen LogP contribution in [0, 0.1) is 5.92 Å². The van der Waals surface area contributed by atoms with E-state index < -0.39 is 11.9 Å². The van der Waals surface area contributed by atoms with Crippen LogP contribution in [0.3, 0.4) is 0 Å². The summed E-state index contributed by atoms with van der Waals surface area (Å²) >= 11 is 0. The highest BCUT2D eigenvalue weighted by Crippen LogP contribution is 2.19. The topological polar surface area (TPSA) is 95.5 Å². The van der Waals surface area contributed by atoms with Gasteiger partial charge in [0.2, 0.25) is 0 Å². The van der Waals surface area contributed by atoms with Crippen LogP contribution in [0.15, 0.2) is 24.3 Å². The maximum absolute atomic E-state index is 12.0. The number of aliphatic carboxylic acids is 1. The molecule has 2 rings (SSSR count). The standard InChI is InChI=1S/C17H22N2O4/c1-2-3-13(17(22)23)10-18-15(20)11-4-6-12(7-5-11)16(21)19-14-8-9-14/h4-7,13-14H,2-3,8-10H2,1H3,(H,18,20)(H,19,21)(H,22,23). The normalized spacial score (nSPS) is 14.8. The average Bonchev–Trinajstić information content (AvgIpc) is 3.35. The van der Waals surface area contributed by atoms with Crippen molar-refractivity contribution in [3.63, 3.8) is 0 Å². The molecule has 0 saturated heterocycles. The van der Waals surface area contributed by atoms with Crippen molar-refractivity contribution in [1.29, 1.82) is 0 Å². The van der Waals surface area contributed by atoms with Gasteiger partial charge in [0.05, 0.1) is 5.92 Å². The monoisotopic (exact) mass is 318 g/mol. The first-order valence-electron chi connectivity index (χ1n) is 7.93. The van der Waals surface area contributed by atoms with Crippen LogP contribution in [0.1, 0.15) is 53.3 Å². The number of hydrogen-bond donors (Lipinski definition) is 3. The SMILES string of the molecule is CCCC(CNC(=O)c1ccc(C(=O)NC2CC2)cc1)C(=O)O. The van der Waals surface area contributed by atoms with Gasteiger partial charge in [0, 0.05) is 23.7 Å². The summed E-state index contributed by atoms with van der Waals surface area (Å²) < 4.78 is 0. The van der Waals surface area contributed by atoms with Crippen LogP contribution < -0.4 is 10.6 Å². The van der Waals surface area contributed by atoms with Gasteiger partial charge in [0.15, 0.2) is 0 Å². The Morgan fingerprint density at radius 1 is 1.13 bits per heavy atom. The largest absolute Gasteiger partial charge is 0.481 e. The van der Waals surface area contributed by atoms with Crippen molar-refractivity contribution >= 4 is 17.8 Å². The van der Waals surface area contributed by atoms with E-state index in [1.54, 1.807) is 24.3 Å². The van der Waals surface area contributed by atoms with Crippen LogP contribution in [0.2, 0.25) is 0 Å². The second-order valence-electron chi connectivity index (χ2n) is 5.86. The Labute approximate surface area is 135 Å². The molecule has 6 nitrogen and oxygen atoms in total. The molecule has 1 aliphatic rings. The van der Waals surface area contributed by atoms with Crippen molar-refractivity contribution < 1.29 is 19.5 Å². The molecule has 0 aliphatic heterocycles. The van der Waals surface area contributed by atoms with E-state index in [1.165, 1.54) is 0 Å². The summed E-state index contributed by atoms with van der Waals surface area (Å²) in [6.45, 7) is 2.01. The fraction of sp³-hybridized carbons (Fsp3) is 0.471. The van der Waals surface area contributed by atoms with E-state index in [2.05, 4.69) is 10.6 Å². The zero-order valence-corrected chi connectivity index (χ0v) is 13.2. The average molecular weight is 318 g/mol. The molecule has 6 heteroatoms. The summed E-state index contributed by atoms with van der Waals surface area (Å²) in [7, 11) is 0. The first-order chi connectivity index (χ1) is 11.0. The van der Waals surface area contributed by atoms with Crippen LogP contribution in [0.5, 0.6) is 0 Å². The van der Waals surface area contributed by atoms with E-state index in [-0.39, 0.29) is 24.4 Å². The number of nitrogens with one attached hydrogen (secondary N) is 2. The molecule has 23 heavy (non-hydrogen) atoms. The highest BCUT2D eigenvalue weighted by atomic mass is 16.4. The Balaban J connectivity index is 1.88. The molecule has 3 N–H and O–H groups in total. The quantitative estimate of drug-likeness (QED) is 0.681. The number of carboxylic acids is 1. The number of hydrogen-bond acceptors (Lipinski definition) is 3. The summed E-state index contributed by atoms with van der Waals surface area (Å²) in [4.78, 5) is 35.0. The molecule has 124 valence electrons. The van der Waals surface area contributed by atoms with Crippen molar-refractivity contribution in [2.45, 2.75) is 38.6 Å². The van der Waals surface area contributed by atoms with Gasteiger partial charge in [-0.2, -0.15) is 0 Å². The van der Waals surface area contributed by atoms with E-state index >= 15 is 0 Å². The van der Waals surface area contributed by atoms with Crippen molar-refractivity contribution in [3.05, 3.63) is 35.4 Å². The highest BCUT2D eigenvalue weighted by Gasteiger charge is 2.24. The van der Waals surface area contributed by atoms with E-state index in [0.29, 0.717) is 17.5 Å². The van der Waals surface area contributed by atoms with Crippen LogP contribution >= 0.6 is 0 Å². The molecule has 1 fully saturated rings. The highest BCUT2D eigenvalue weighted by molar-refractivity contribution is 5.98. The van der Waals surface area contributed by atoms with Crippen molar-refractivity contribution in [3.8, 4) is 0 Å². The predicted molar refractivity (Wildman–Crippen MR) is 85.3 cm³/mol. The Kier molecular flexibility index (Phi) is 5.73. The van der Waals surface area contributed by atoms with Crippen LogP contribution in [0.25, 0.3) is 0 Å². The second-order valence-corrected chi connectivity index (χ2v) is 5.86. The molecular formula is C17H22N2O4. The minimum absolute atomic E-state index is 0.103. The van der Waals surface area contributed by atoms with Gasteiger partial charge >= 0.3 is 5.97 Å². The molecule has 1 aromatic carbocycles. The Hall–Kier alpha value is -2.37. The first-order valence-corrected chi connectivity index (χ1v) is 7.93. The number of rotatable bonds is 8. The smallest absolute Gasteiger partial charge is 0.308 e. The minimum Gasteiger partial charge on any atom is -0.481 e. The zero-order valence-electron chi connectivity index (χ0n) is 13.2. The molecule has 0 radical (unpaired) electrons. The molecule has 1 aliphatic carbocycles. The molecule has 0 bridgehead atoms. The van der Waals surface area contributed by atoms with E-state index in [9.17, 15) is 14.4 Å². The molecule has 1 unspecified atom stereocenters. The van der Waals surface area contributed by atoms with Crippen LogP contribution in [0.4, 0.5) is 0 Å². The van der Waals surface area contributed by atoms with E-state index in [4.69, 9.17) is 5.11 Å². The summed E-state index contributed by atoms with van der Waals surface area (Å²) in [5.74, 6) is -1.94. The molecule has 0 aromatic heterocycles. The van der Waals surface area contributed by atoms with Gasteiger partial charge in [-0.05, 0) is 43.5 Å². The number of carboxylic acid groups (broad SMARTS) is 1. The van der Waals surface area contributed by atoms with Crippen molar-refractivity contribution in [1.82, 2.24) is 10.6 Å². The fourth-order valence-corrected chi connectivity index (χ4v) is 2.25. The first kappa shape index (κ1) is 17.0. The van der Waals surface area contributed by atoms with Gasteiger partial charge in [0.1, 0.15) is 0 Å².